The van der Waals surface area contributed by atoms with Crippen LogP contribution < -0.4 is 10.1 Å². The van der Waals surface area contributed by atoms with Crippen molar-refractivity contribution in [2.24, 2.45) is 4.99 Å². The third-order valence-corrected chi connectivity index (χ3v) is 5.93. The molecule has 1 saturated heterocycles. The minimum absolute atomic E-state index is 0.130. The van der Waals surface area contributed by atoms with Crippen LogP contribution in [0.25, 0.3) is 16.8 Å². The quantitative estimate of drug-likeness (QED) is 0.373. The molecule has 156 valence electrons. The first-order valence-electron chi connectivity index (χ1n) is 10.3. The van der Waals surface area contributed by atoms with E-state index in [0.29, 0.717) is 16.7 Å². The SMILES string of the molecule is O=C1NC(=Nc2ccccc2)SC1=Cc1ccc2cc(OCc3ccccc3)ccc2c1. The molecule has 5 rings (SSSR count). The van der Waals surface area contributed by atoms with E-state index in [1.54, 1.807) is 0 Å². The number of nitrogens with zero attached hydrogens (tertiary/aromatic N) is 1. The lowest BCUT2D eigenvalue weighted by molar-refractivity contribution is -0.115. The van der Waals surface area contributed by atoms with E-state index in [9.17, 15) is 4.79 Å². The zero-order chi connectivity index (χ0) is 21.8. The fourth-order valence-corrected chi connectivity index (χ4v) is 4.26. The van der Waals surface area contributed by atoms with Crippen LogP contribution in [0.5, 0.6) is 5.75 Å². The molecule has 0 bridgehead atoms. The number of aliphatic imine (C=N–C) groups is 1. The van der Waals surface area contributed by atoms with Gasteiger partial charge in [0.15, 0.2) is 5.17 Å². The molecule has 1 aliphatic heterocycles. The van der Waals surface area contributed by atoms with Crippen LogP contribution >= 0.6 is 11.8 Å². The van der Waals surface area contributed by atoms with E-state index >= 15 is 0 Å². The smallest absolute Gasteiger partial charge is 0.264 e. The van der Waals surface area contributed by atoms with Crippen molar-refractivity contribution in [1.82, 2.24) is 5.32 Å². The summed E-state index contributed by atoms with van der Waals surface area (Å²) in [5.74, 6) is 0.703. The van der Waals surface area contributed by atoms with Gasteiger partial charge in [-0.3, -0.25) is 4.79 Å². The zero-order valence-corrected chi connectivity index (χ0v) is 18.0. The summed E-state index contributed by atoms with van der Waals surface area (Å²) in [6.07, 6.45) is 1.90. The maximum absolute atomic E-state index is 12.4. The van der Waals surface area contributed by atoms with E-state index in [0.717, 1.165) is 33.3 Å². The van der Waals surface area contributed by atoms with Crippen molar-refractivity contribution in [2.45, 2.75) is 6.61 Å². The number of nitrogens with one attached hydrogen (secondary N) is 1. The van der Waals surface area contributed by atoms with Gasteiger partial charge in [0.2, 0.25) is 0 Å². The normalized spacial score (nSPS) is 15.9. The summed E-state index contributed by atoms with van der Waals surface area (Å²) in [5.41, 5.74) is 2.92. The zero-order valence-electron chi connectivity index (χ0n) is 17.2. The molecule has 0 saturated carbocycles. The average Bonchev–Trinajstić information content (AvgIpc) is 3.17. The van der Waals surface area contributed by atoms with E-state index < -0.39 is 0 Å². The predicted molar refractivity (Wildman–Crippen MR) is 132 cm³/mol. The van der Waals surface area contributed by atoms with Crippen molar-refractivity contribution in [3.8, 4) is 5.75 Å². The van der Waals surface area contributed by atoms with Crippen LogP contribution in [-0.2, 0) is 11.4 Å². The summed E-state index contributed by atoms with van der Waals surface area (Å²) < 4.78 is 5.93. The van der Waals surface area contributed by atoms with Gasteiger partial charge in [0.05, 0.1) is 10.6 Å². The van der Waals surface area contributed by atoms with E-state index in [1.165, 1.54) is 11.8 Å². The van der Waals surface area contributed by atoms with E-state index in [4.69, 9.17) is 4.74 Å². The number of amides is 1. The number of para-hydroxylation sites is 1. The second-order valence-electron chi connectivity index (χ2n) is 7.36. The summed E-state index contributed by atoms with van der Waals surface area (Å²) in [6.45, 7) is 0.537. The highest BCUT2D eigenvalue weighted by Gasteiger charge is 2.23. The van der Waals surface area contributed by atoms with Crippen LogP contribution in [0.1, 0.15) is 11.1 Å². The van der Waals surface area contributed by atoms with Gasteiger partial charge >= 0.3 is 0 Å². The molecule has 0 spiro atoms. The van der Waals surface area contributed by atoms with E-state index in [1.807, 2.05) is 97.1 Å². The Hall–Kier alpha value is -3.83. The van der Waals surface area contributed by atoms with Crippen molar-refractivity contribution < 1.29 is 9.53 Å². The highest BCUT2D eigenvalue weighted by atomic mass is 32.2. The first-order chi connectivity index (χ1) is 15.7. The van der Waals surface area contributed by atoms with Crippen LogP contribution in [0, 0.1) is 0 Å². The Kier molecular flexibility index (Phi) is 5.73. The molecule has 1 fully saturated rings. The maximum Gasteiger partial charge on any atom is 0.264 e. The number of amidine groups is 1. The fraction of sp³-hybridized carbons (Fsp3) is 0.0370. The Bertz CT molecular complexity index is 1330. The molecule has 4 aromatic carbocycles. The molecule has 1 aliphatic rings. The van der Waals surface area contributed by atoms with Gasteiger partial charge in [-0.2, -0.15) is 0 Å². The second-order valence-corrected chi connectivity index (χ2v) is 8.39. The van der Waals surface area contributed by atoms with Gasteiger partial charge in [-0.25, -0.2) is 4.99 Å². The lowest BCUT2D eigenvalue weighted by Gasteiger charge is -2.08. The third-order valence-electron chi connectivity index (χ3n) is 5.02. The Balaban J connectivity index is 1.32. The van der Waals surface area contributed by atoms with Gasteiger partial charge < -0.3 is 10.1 Å². The number of hydrogen-bond acceptors (Lipinski definition) is 4. The van der Waals surface area contributed by atoms with Crippen molar-refractivity contribution in [3.05, 3.63) is 113 Å². The molecule has 1 heterocycles. The topological polar surface area (TPSA) is 50.7 Å². The molecule has 32 heavy (non-hydrogen) atoms. The Labute approximate surface area is 190 Å². The van der Waals surface area contributed by atoms with Crippen LogP contribution in [0.15, 0.2) is 107 Å². The molecule has 1 N–H and O–H groups in total. The minimum atomic E-state index is -0.130. The minimum Gasteiger partial charge on any atom is -0.489 e. The van der Waals surface area contributed by atoms with E-state index in [2.05, 4.69) is 16.4 Å². The van der Waals surface area contributed by atoms with Gasteiger partial charge in [0, 0.05) is 0 Å². The molecule has 0 unspecified atom stereocenters. The lowest BCUT2D eigenvalue weighted by Crippen LogP contribution is -2.19. The number of fused-ring (bicyclic) bond motifs is 1. The number of thioether (sulfide) groups is 1. The van der Waals surface area contributed by atoms with Gasteiger partial charge in [-0.05, 0) is 70.1 Å². The summed E-state index contributed by atoms with van der Waals surface area (Å²) >= 11 is 1.35. The first-order valence-corrected chi connectivity index (χ1v) is 11.1. The molecule has 1 amide bonds. The highest BCUT2D eigenvalue weighted by molar-refractivity contribution is 8.18. The van der Waals surface area contributed by atoms with Crippen molar-refractivity contribution >= 4 is 45.4 Å². The molecule has 0 radical (unpaired) electrons. The van der Waals surface area contributed by atoms with Gasteiger partial charge in [0.1, 0.15) is 12.4 Å². The summed E-state index contributed by atoms with van der Waals surface area (Å²) in [7, 11) is 0. The van der Waals surface area contributed by atoms with Crippen molar-refractivity contribution in [1.29, 1.82) is 0 Å². The van der Waals surface area contributed by atoms with Gasteiger partial charge in [-0.15, -0.1) is 0 Å². The Morgan fingerprint density at radius 2 is 1.56 bits per heavy atom. The van der Waals surface area contributed by atoms with E-state index in [-0.39, 0.29) is 5.91 Å². The first kappa shape index (κ1) is 20.1. The predicted octanol–water partition coefficient (Wildman–Crippen LogP) is 6.31. The third kappa shape index (κ3) is 4.74. The summed E-state index contributed by atoms with van der Waals surface area (Å²) in [6, 6.07) is 31.9. The molecule has 4 nitrogen and oxygen atoms in total. The van der Waals surface area contributed by atoms with Crippen LogP contribution in [0.3, 0.4) is 0 Å². The number of benzene rings is 4. The standard InChI is InChI=1S/C27H20N2O2S/c30-26-25(32-27(29-26)28-23-9-5-2-6-10-23)16-20-11-12-22-17-24(14-13-21(22)15-20)31-18-19-7-3-1-4-8-19/h1-17H,18H2,(H,28,29,30). The number of hydrogen-bond donors (Lipinski definition) is 1. The molecular weight excluding hydrogens is 416 g/mol. The van der Waals surface area contributed by atoms with Gasteiger partial charge in [0.25, 0.3) is 5.91 Å². The number of carbonyl (C=O) groups is 1. The monoisotopic (exact) mass is 436 g/mol. The largest absolute Gasteiger partial charge is 0.489 e. The number of rotatable bonds is 5. The molecule has 0 aliphatic carbocycles. The Morgan fingerprint density at radius 3 is 2.38 bits per heavy atom. The Morgan fingerprint density at radius 1 is 0.844 bits per heavy atom. The van der Waals surface area contributed by atoms with Gasteiger partial charge in [-0.1, -0.05) is 66.7 Å². The molecule has 4 aromatic rings. The van der Waals surface area contributed by atoms with Crippen LogP contribution in [0.2, 0.25) is 0 Å². The van der Waals surface area contributed by atoms with Crippen LogP contribution in [-0.4, -0.2) is 11.1 Å². The van der Waals surface area contributed by atoms with Crippen LogP contribution in [0.4, 0.5) is 5.69 Å². The molecule has 5 heteroatoms. The lowest BCUT2D eigenvalue weighted by atomic mass is 10.1. The van der Waals surface area contributed by atoms with Crippen molar-refractivity contribution in [3.63, 3.8) is 0 Å². The number of carbonyl (C=O) groups excluding carboxylic acids is 1. The highest BCUT2D eigenvalue weighted by Crippen LogP contribution is 2.29. The summed E-state index contributed by atoms with van der Waals surface area (Å²) in [5, 5.41) is 5.61. The van der Waals surface area contributed by atoms with Crippen molar-refractivity contribution in [2.75, 3.05) is 0 Å². The fourth-order valence-electron chi connectivity index (χ4n) is 3.41. The number of ether oxygens (including phenoxy) is 1. The molecule has 0 atom stereocenters. The molecular formula is C27H20N2O2S. The average molecular weight is 437 g/mol. The second kappa shape index (κ2) is 9.12. The molecule has 0 aromatic heterocycles. The maximum atomic E-state index is 12.4. The summed E-state index contributed by atoms with van der Waals surface area (Å²) in [4.78, 5) is 17.5.